The summed E-state index contributed by atoms with van der Waals surface area (Å²) < 4.78 is 14.6. The zero-order valence-corrected chi connectivity index (χ0v) is 13.3. The third kappa shape index (κ3) is 3.02. The van der Waals surface area contributed by atoms with Gasteiger partial charge in [-0.3, -0.25) is 4.79 Å². The van der Waals surface area contributed by atoms with Gasteiger partial charge in [0, 0.05) is 10.2 Å². The monoisotopic (exact) mass is 355 g/mol. The maximum Gasteiger partial charge on any atom is 0.260 e. The Morgan fingerprint density at radius 3 is 2.40 bits per heavy atom. The van der Waals surface area contributed by atoms with Crippen molar-refractivity contribution in [1.29, 1.82) is 0 Å². The number of benzene rings is 2. The molecule has 2 aromatic carbocycles. The number of rotatable bonds is 2. The Kier molecular flexibility index (Phi) is 4.45. The molecule has 0 fully saturated rings. The largest absolute Gasteiger partial charge is 0.321 e. The number of halogens is 3. The molecule has 0 radical (unpaired) electrons. The number of hydrogen-bond acceptors (Lipinski definition) is 1. The highest BCUT2D eigenvalue weighted by molar-refractivity contribution is 9.10. The highest BCUT2D eigenvalue weighted by atomic mass is 79.9. The third-order valence-electron chi connectivity index (χ3n) is 2.93. The summed E-state index contributed by atoms with van der Waals surface area (Å²) in [4.78, 5) is 12.2. The standard InChI is InChI=1S/C15H12BrClFNO/c1-8-6-10(16)7-9(2)14(8)19-15(20)13-11(17)4-3-5-12(13)18/h3-7H,1-2H3,(H,19,20). The van der Waals surface area contributed by atoms with Crippen LogP contribution in [0.1, 0.15) is 21.5 Å². The molecular weight excluding hydrogens is 345 g/mol. The Labute approximate surface area is 130 Å². The molecule has 0 spiro atoms. The summed E-state index contributed by atoms with van der Waals surface area (Å²) in [6.45, 7) is 3.74. The summed E-state index contributed by atoms with van der Waals surface area (Å²) in [5.41, 5.74) is 2.30. The summed E-state index contributed by atoms with van der Waals surface area (Å²) in [6, 6.07) is 7.92. The fourth-order valence-electron chi connectivity index (χ4n) is 2.00. The predicted molar refractivity (Wildman–Crippen MR) is 83.0 cm³/mol. The Bertz CT molecular complexity index is 644. The van der Waals surface area contributed by atoms with Crippen LogP contribution in [-0.4, -0.2) is 5.91 Å². The van der Waals surface area contributed by atoms with Crippen LogP contribution in [0.2, 0.25) is 5.02 Å². The van der Waals surface area contributed by atoms with Crippen LogP contribution in [0.5, 0.6) is 0 Å². The molecule has 2 rings (SSSR count). The number of aryl methyl sites for hydroxylation is 2. The molecule has 0 atom stereocenters. The van der Waals surface area contributed by atoms with Gasteiger partial charge in [-0.2, -0.15) is 0 Å². The smallest absolute Gasteiger partial charge is 0.260 e. The van der Waals surface area contributed by atoms with E-state index in [2.05, 4.69) is 21.2 Å². The lowest BCUT2D eigenvalue weighted by Crippen LogP contribution is -2.16. The number of amides is 1. The second-order valence-electron chi connectivity index (χ2n) is 4.47. The molecule has 2 nitrogen and oxygen atoms in total. The lowest BCUT2D eigenvalue weighted by molar-refractivity contribution is 0.102. The molecule has 2 aromatic rings. The van der Waals surface area contributed by atoms with Gasteiger partial charge in [-0.15, -0.1) is 0 Å². The Hall–Kier alpha value is -1.39. The Morgan fingerprint density at radius 1 is 1.25 bits per heavy atom. The molecule has 5 heteroatoms. The van der Waals surface area contributed by atoms with E-state index in [1.807, 2.05) is 26.0 Å². The Morgan fingerprint density at radius 2 is 1.85 bits per heavy atom. The molecule has 0 saturated carbocycles. The number of hydrogen-bond donors (Lipinski definition) is 1. The van der Waals surface area contributed by atoms with Crippen molar-refractivity contribution in [3.63, 3.8) is 0 Å². The molecule has 0 aliphatic rings. The van der Waals surface area contributed by atoms with Crippen molar-refractivity contribution in [3.8, 4) is 0 Å². The van der Waals surface area contributed by atoms with E-state index in [9.17, 15) is 9.18 Å². The first-order valence-electron chi connectivity index (χ1n) is 5.92. The van der Waals surface area contributed by atoms with E-state index >= 15 is 0 Å². The minimum Gasteiger partial charge on any atom is -0.321 e. The second-order valence-corrected chi connectivity index (χ2v) is 5.79. The van der Waals surface area contributed by atoms with Crippen LogP contribution in [0, 0.1) is 19.7 Å². The first-order chi connectivity index (χ1) is 9.40. The number of anilines is 1. The van der Waals surface area contributed by atoms with Crippen LogP contribution in [0.4, 0.5) is 10.1 Å². The molecule has 0 aliphatic heterocycles. The highest BCUT2D eigenvalue weighted by Gasteiger charge is 2.17. The molecule has 104 valence electrons. The van der Waals surface area contributed by atoms with Crippen LogP contribution >= 0.6 is 27.5 Å². The van der Waals surface area contributed by atoms with Crippen LogP contribution in [-0.2, 0) is 0 Å². The normalized spacial score (nSPS) is 10.4. The molecule has 1 amide bonds. The van der Waals surface area contributed by atoms with E-state index < -0.39 is 11.7 Å². The van der Waals surface area contributed by atoms with Crippen LogP contribution in [0.3, 0.4) is 0 Å². The van der Waals surface area contributed by atoms with Gasteiger partial charge in [0.2, 0.25) is 0 Å². The molecule has 0 aromatic heterocycles. The van der Waals surface area contributed by atoms with Crippen LogP contribution in [0.15, 0.2) is 34.8 Å². The number of nitrogens with one attached hydrogen (secondary N) is 1. The Balaban J connectivity index is 2.38. The second kappa shape index (κ2) is 5.94. The first kappa shape index (κ1) is 15.0. The summed E-state index contributed by atoms with van der Waals surface area (Å²) >= 11 is 9.27. The van der Waals surface area contributed by atoms with Crippen molar-refractivity contribution in [1.82, 2.24) is 0 Å². The van der Waals surface area contributed by atoms with Gasteiger partial charge < -0.3 is 5.32 Å². The first-order valence-corrected chi connectivity index (χ1v) is 7.09. The van der Waals surface area contributed by atoms with Crippen LogP contribution in [0.25, 0.3) is 0 Å². The van der Waals surface area contributed by atoms with E-state index in [0.29, 0.717) is 5.69 Å². The summed E-state index contributed by atoms with van der Waals surface area (Å²) in [5, 5.41) is 2.81. The average Bonchev–Trinajstić information content (AvgIpc) is 2.33. The van der Waals surface area contributed by atoms with Crippen molar-refractivity contribution in [2.45, 2.75) is 13.8 Å². The van der Waals surface area contributed by atoms with Crippen molar-refractivity contribution in [2.75, 3.05) is 5.32 Å². The van der Waals surface area contributed by atoms with Gasteiger partial charge in [0.25, 0.3) is 5.91 Å². The van der Waals surface area contributed by atoms with Crippen LogP contribution < -0.4 is 5.32 Å². The van der Waals surface area contributed by atoms with Crippen molar-refractivity contribution >= 4 is 39.1 Å². The summed E-state index contributed by atoms with van der Waals surface area (Å²) in [7, 11) is 0. The quantitative estimate of drug-likeness (QED) is 0.796. The molecule has 1 N–H and O–H groups in total. The zero-order valence-electron chi connectivity index (χ0n) is 10.9. The zero-order chi connectivity index (χ0) is 14.9. The summed E-state index contributed by atoms with van der Waals surface area (Å²) in [5.74, 6) is -1.19. The SMILES string of the molecule is Cc1cc(Br)cc(C)c1NC(=O)c1c(F)cccc1Cl. The lowest BCUT2D eigenvalue weighted by Gasteiger charge is -2.13. The molecule has 0 bridgehead atoms. The summed E-state index contributed by atoms with van der Waals surface area (Å²) in [6.07, 6.45) is 0. The van der Waals surface area contributed by atoms with Gasteiger partial charge in [-0.05, 0) is 49.2 Å². The molecule has 0 saturated heterocycles. The predicted octanol–water partition coefficient (Wildman–Crippen LogP) is 5.11. The van der Waals surface area contributed by atoms with Gasteiger partial charge in [0.15, 0.2) is 0 Å². The van der Waals surface area contributed by atoms with E-state index in [1.165, 1.54) is 18.2 Å². The highest BCUT2D eigenvalue weighted by Crippen LogP contribution is 2.27. The van der Waals surface area contributed by atoms with E-state index in [-0.39, 0.29) is 10.6 Å². The van der Waals surface area contributed by atoms with Gasteiger partial charge in [-0.1, -0.05) is 33.6 Å². The fourth-order valence-corrected chi connectivity index (χ4v) is 2.93. The lowest BCUT2D eigenvalue weighted by atomic mass is 10.1. The molecule has 0 aliphatic carbocycles. The fraction of sp³-hybridized carbons (Fsp3) is 0.133. The van der Waals surface area contributed by atoms with E-state index in [0.717, 1.165) is 15.6 Å². The van der Waals surface area contributed by atoms with Crippen molar-refractivity contribution in [2.24, 2.45) is 0 Å². The minimum atomic E-state index is -0.637. The van der Waals surface area contributed by atoms with E-state index in [4.69, 9.17) is 11.6 Å². The number of carbonyl (C=O) groups is 1. The van der Waals surface area contributed by atoms with Gasteiger partial charge in [-0.25, -0.2) is 4.39 Å². The molecule has 0 heterocycles. The molecule has 20 heavy (non-hydrogen) atoms. The molecule has 0 unspecified atom stereocenters. The van der Waals surface area contributed by atoms with Gasteiger partial charge in [0.05, 0.1) is 10.6 Å². The average molecular weight is 357 g/mol. The van der Waals surface area contributed by atoms with E-state index in [1.54, 1.807) is 0 Å². The van der Waals surface area contributed by atoms with Crippen molar-refractivity contribution in [3.05, 3.63) is 62.3 Å². The maximum atomic E-state index is 13.7. The topological polar surface area (TPSA) is 29.1 Å². The van der Waals surface area contributed by atoms with Gasteiger partial charge >= 0.3 is 0 Å². The molecular formula is C15H12BrClFNO. The van der Waals surface area contributed by atoms with Crippen molar-refractivity contribution < 1.29 is 9.18 Å². The minimum absolute atomic E-state index is 0.0925. The van der Waals surface area contributed by atoms with Gasteiger partial charge in [0.1, 0.15) is 5.82 Å². The maximum absolute atomic E-state index is 13.7. The third-order valence-corrected chi connectivity index (χ3v) is 3.70. The number of carbonyl (C=O) groups excluding carboxylic acids is 1.